The highest BCUT2D eigenvalue weighted by molar-refractivity contribution is 5.94. The first-order valence-corrected chi connectivity index (χ1v) is 6.49. The number of hydrogen-bond acceptors (Lipinski definition) is 2. The number of carbonyl (C=O) groups excluding carboxylic acids is 2. The number of nitrogens with zero attached hydrogens (tertiary/aromatic N) is 1. The number of likely N-dealkylation sites (tertiary alicyclic amines) is 1. The average molecular weight is 258 g/mol. The third-order valence-corrected chi connectivity index (χ3v) is 3.22. The number of hydrogen-bond donors (Lipinski definition) is 1. The Morgan fingerprint density at radius 2 is 2.05 bits per heavy atom. The second-order valence-corrected chi connectivity index (χ2v) is 4.62. The fourth-order valence-corrected chi connectivity index (χ4v) is 2.18. The van der Waals surface area contributed by atoms with Crippen LogP contribution in [0.2, 0.25) is 0 Å². The molecule has 1 aromatic rings. The molecule has 19 heavy (non-hydrogen) atoms. The van der Waals surface area contributed by atoms with Crippen molar-refractivity contribution in [1.82, 2.24) is 10.2 Å². The summed E-state index contributed by atoms with van der Waals surface area (Å²) < 4.78 is 0. The van der Waals surface area contributed by atoms with E-state index in [0.29, 0.717) is 12.1 Å². The summed E-state index contributed by atoms with van der Waals surface area (Å²) in [5.74, 6) is -0.134. The molecule has 1 aromatic carbocycles. The molecule has 4 nitrogen and oxygen atoms in total. The van der Waals surface area contributed by atoms with Gasteiger partial charge >= 0.3 is 0 Å². The highest BCUT2D eigenvalue weighted by Crippen LogP contribution is 2.14. The molecular formula is C15H18N2O2. The van der Waals surface area contributed by atoms with Gasteiger partial charge in [0.1, 0.15) is 0 Å². The Labute approximate surface area is 113 Å². The van der Waals surface area contributed by atoms with Gasteiger partial charge < -0.3 is 10.2 Å². The van der Waals surface area contributed by atoms with Crippen molar-refractivity contribution < 1.29 is 9.59 Å². The van der Waals surface area contributed by atoms with Crippen molar-refractivity contribution in [2.75, 3.05) is 13.1 Å². The van der Waals surface area contributed by atoms with E-state index in [0.717, 1.165) is 31.5 Å². The smallest absolute Gasteiger partial charge is 0.253 e. The van der Waals surface area contributed by atoms with Crippen LogP contribution in [0.25, 0.3) is 0 Å². The molecule has 100 valence electrons. The van der Waals surface area contributed by atoms with Gasteiger partial charge in [-0.1, -0.05) is 18.7 Å². The molecule has 0 atom stereocenters. The maximum Gasteiger partial charge on any atom is 0.253 e. The molecule has 0 aromatic heterocycles. The average Bonchev–Trinajstić information content (AvgIpc) is 2.98. The fourth-order valence-electron chi connectivity index (χ4n) is 2.18. The minimum Gasteiger partial charge on any atom is -0.348 e. The topological polar surface area (TPSA) is 49.4 Å². The first-order valence-electron chi connectivity index (χ1n) is 6.49. The second kappa shape index (κ2) is 6.18. The lowest BCUT2D eigenvalue weighted by Gasteiger charge is -2.15. The van der Waals surface area contributed by atoms with Crippen LogP contribution in [0.4, 0.5) is 0 Å². The quantitative estimate of drug-likeness (QED) is 0.836. The molecule has 4 heteroatoms. The normalized spacial score (nSPS) is 14.2. The largest absolute Gasteiger partial charge is 0.348 e. The molecule has 0 aliphatic carbocycles. The van der Waals surface area contributed by atoms with E-state index < -0.39 is 0 Å². The van der Waals surface area contributed by atoms with E-state index in [4.69, 9.17) is 0 Å². The van der Waals surface area contributed by atoms with Gasteiger partial charge in [-0.2, -0.15) is 0 Å². The molecule has 0 spiro atoms. The van der Waals surface area contributed by atoms with Crippen molar-refractivity contribution in [1.29, 1.82) is 0 Å². The molecule has 1 heterocycles. The lowest BCUT2D eigenvalue weighted by atomic mass is 10.1. The number of amides is 2. The highest BCUT2D eigenvalue weighted by Gasteiger charge is 2.19. The standard InChI is InChI=1S/C15H18N2O2/c1-2-14(18)16-11-12-6-5-7-13(10-12)15(19)17-8-3-4-9-17/h2,5-7,10H,1,3-4,8-9,11H2,(H,16,18). The van der Waals surface area contributed by atoms with Crippen molar-refractivity contribution in [2.45, 2.75) is 19.4 Å². The molecule has 1 fully saturated rings. The van der Waals surface area contributed by atoms with Gasteiger partial charge in [0.15, 0.2) is 0 Å². The van der Waals surface area contributed by atoms with Crippen LogP contribution in [-0.4, -0.2) is 29.8 Å². The van der Waals surface area contributed by atoms with Crippen LogP contribution in [0.3, 0.4) is 0 Å². The van der Waals surface area contributed by atoms with Gasteiger partial charge in [-0.25, -0.2) is 0 Å². The monoisotopic (exact) mass is 258 g/mol. The van der Waals surface area contributed by atoms with E-state index in [9.17, 15) is 9.59 Å². The maximum atomic E-state index is 12.2. The third kappa shape index (κ3) is 3.44. The molecule has 0 bridgehead atoms. The molecule has 1 saturated heterocycles. The molecule has 1 aliphatic heterocycles. The van der Waals surface area contributed by atoms with Crippen molar-refractivity contribution in [3.8, 4) is 0 Å². The lowest BCUT2D eigenvalue weighted by molar-refractivity contribution is -0.116. The number of carbonyl (C=O) groups is 2. The SMILES string of the molecule is C=CC(=O)NCc1cccc(C(=O)N2CCCC2)c1. The minimum atomic E-state index is -0.212. The molecule has 0 radical (unpaired) electrons. The summed E-state index contributed by atoms with van der Waals surface area (Å²) in [5.41, 5.74) is 1.60. The summed E-state index contributed by atoms with van der Waals surface area (Å²) in [5, 5.41) is 2.70. The molecule has 1 N–H and O–H groups in total. The van der Waals surface area contributed by atoms with Gasteiger partial charge in [0, 0.05) is 25.2 Å². The van der Waals surface area contributed by atoms with Crippen LogP contribution in [0.5, 0.6) is 0 Å². The Morgan fingerprint density at radius 3 is 2.74 bits per heavy atom. The van der Waals surface area contributed by atoms with E-state index in [1.54, 1.807) is 0 Å². The molecule has 1 aliphatic rings. The fraction of sp³-hybridized carbons (Fsp3) is 0.333. The second-order valence-electron chi connectivity index (χ2n) is 4.62. The van der Waals surface area contributed by atoms with Crippen molar-refractivity contribution >= 4 is 11.8 Å². The minimum absolute atomic E-state index is 0.0781. The van der Waals surface area contributed by atoms with Gasteiger partial charge in [-0.15, -0.1) is 0 Å². The van der Waals surface area contributed by atoms with Gasteiger partial charge in [0.05, 0.1) is 0 Å². The van der Waals surface area contributed by atoms with Crippen LogP contribution >= 0.6 is 0 Å². The molecule has 2 rings (SSSR count). The van der Waals surface area contributed by atoms with E-state index in [1.165, 1.54) is 6.08 Å². The molecule has 2 amide bonds. The van der Waals surface area contributed by atoms with Crippen LogP contribution < -0.4 is 5.32 Å². The number of rotatable bonds is 4. The zero-order valence-corrected chi connectivity index (χ0v) is 10.9. The first kappa shape index (κ1) is 13.3. The van der Waals surface area contributed by atoms with Gasteiger partial charge in [0.25, 0.3) is 5.91 Å². The zero-order chi connectivity index (χ0) is 13.7. The van der Waals surface area contributed by atoms with Crippen LogP contribution in [0, 0.1) is 0 Å². The Morgan fingerprint density at radius 1 is 1.32 bits per heavy atom. The van der Waals surface area contributed by atoms with Crippen LogP contribution in [0.15, 0.2) is 36.9 Å². The Kier molecular flexibility index (Phi) is 4.34. The summed E-state index contributed by atoms with van der Waals surface area (Å²) in [6.07, 6.45) is 3.40. The summed E-state index contributed by atoms with van der Waals surface area (Å²) in [4.78, 5) is 25.2. The van der Waals surface area contributed by atoms with Crippen molar-refractivity contribution in [3.63, 3.8) is 0 Å². The van der Waals surface area contributed by atoms with E-state index >= 15 is 0 Å². The Bertz CT molecular complexity index is 491. The van der Waals surface area contributed by atoms with Gasteiger partial charge in [-0.3, -0.25) is 9.59 Å². The third-order valence-electron chi connectivity index (χ3n) is 3.22. The van der Waals surface area contributed by atoms with Crippen LogP contribution in [-0.2, 0) is 11.3 Å². The molecular weight excluding hydrogens is 240 g/mol. The zero-order valence-electron chi connectivity index (χ0n) is 10.9. The molecule has 0 saturated carbocycles. The first-order chi connectivity index (χ1) is 9.20. The predicted octanol–water partition coefficient (Wildman–Crippen LogP) is 1.72. The summed E-state index contributed by atoms with van der Waals surface area (Å²) >= 11 is 0. The van der Waals surface area contributed by atoms with Crippen LogP contribution in [0.1, 0.15) is 28.8 Å². The molecule has 0 unspecified atom stereocenters. The van der Waals surface area contributed by atoms with Gasteiger partial charge in [0.2, 0.25) is 5.91 Å². The summed E-state index contributed by atoms with van der Waals surface area (Å²) in [7, 11) is 0. The predicted molar refractivity (Wildman–Crippen MR) is 73.6 cm³/mol. The van der Waals surface area contributed by atoms with Gasteiger partial charge in [-0.05, 0) is 36.6 Å². The lowest BCUT2D eigenvalue weighted by Crippen LogP contribution is -2.27. The van der Waals surface area contributed by atoms with Crippen molar-refractivity contribution in [2.24, 2.45) is 0 Å². The van der Waals surface area contributed by atoms with E-state index in [1.807, 2.05) is 29.2 Å². The number of benzene rings is 1. The highest BCUT2D eigenvalue weighted by atomic mass is 16.2. The maximum absolute atomic E-state index is 12.2. The summed E-state index contributed by atoms with van der Waals surface area (Å²) in [6.45, 7) is 5.49. The number of nitrogens with one attached hydrogen (secondary N) is 1. The van der Waals surface area contributed by atoms with E-state index in [2.05, 4.69) is 11.9 Å². The van der Waals surface area contributed by atoms with Crippen molar-refractivity contribution in [3.05, 3.63) is 48.0 Å². The summed E-state index contributed by atoms with van der Waals surface area (Å²) in [6, 6.07) is 7.40. The van der Waals surface area contributed by atoms with E-state index in [-0.39, 0.29) is 11.8 Å². The Hall–Kier alpha value is -2.10. The Balaban J connectivity index is 2.03.